The van der Waals surface area contributed by atoms with Crippen LogP contribution in [0, 0.1) is 0 Å². The van der Waals surface area contributed by atoms with E-state index in [0.29, 0.717) is 23.5 Å². The Morgan fingerprint density at radius 1 is 1.13 bits per heavy atom. The van der Waals surface area contributed by atoms with E-state index in [0.717, 1.165) is 25.0 Å². The maximum Gasteiger partial charge on any atom is 0.252 e. The number of carbonyl (C=O) groups excluding carboxylic acids is 1. The van der Waals surface area contributed by atoms with E-state index in [-0.39, 0.29) is 17.6 Å². The van der Waals surface area contributed by atoms with Crippen molar-refractivity contribution >= 4 is 22.9 Å². The SMILES string of the molecule is CCNC(=O)[C@H]1O[C@@H](n2cnc3c(N[C@@H]4CCC[C@H]4Oc4ccc(C(C)(C)C)cc4)ncnc32)[C@H](O)[C@@H]1O. The second kappa shape index (κ2) is 10.5. The molecule has 204 valence electrons. The van der Waals surface area contributed by atoms with Crippen molar-refractivity contribution in [3.63, 3.8) is 0 Å². The highest BCUT2D eigenvalue weighted by atomic mass is 16.6. The number of hydrogen-bond acceptors (Lipinski definition) is 9. The molecule has 11 heteroatoms. The number of nitrogens with zero attached hydrogens (tertiary/aromatic N) is 4. The molecular formula is C27H36N6O5. The monoisotopic (exact) mass is 524 g/mol. The zero-order valence-electron chi connectivity index (χ0n) is 22.2. The number of carbonyl (C=O) groups is 1. The number of aliphatic hydroxyl groups is 2. The van der Waals surface area contributed by atoms with Crippen LogP contribution in [-0.2, 0) is 14.9 Å². The highest BCUT2D eigenvalue weighted by molar-refractivity contribution is 5.83. The largest absolute Gasteiger partial charge is 0.488 e. The number of amides is 1. The predicted octanol–water partition coefficient (Wildman–Crippen LogP) is 2.29. The molecule has 0 unspecified atom stereocenters. The van der Waals surface area contributed by atoms with Crippen LogP contribution in [0.3, 0.4) is 0 Å². The molecule has 3 heterocycles. The Morgan fingerprint density at radius 3 is 2.61 bits per heavy atom. The number of anilines is 1. The minimum absolute atomic E-state index is 0.0257. The lowest BCUT2D eigenvalue weighted by atomic mass is 9.87. The van der Waals surface area contributed by atoms with Crippen LogP contribution >= 0.6 is 0 Å². The van der Waals surface area contributed by atoms with Crippen LogP contribution < -0.4 is 15.4 Å². The molecule has 1 aliphatic heterocycles. The third-order valence-electron chi connectivity index (χ3n) is 7.26. The van der Waals surface area contributed by atoms with Crippen LogP contribution in [-0.4, -0.2) is 72.6 Å². The number of imidazole rings is 1. The van der Waals surface area contributed by atoms with Gasteiger partial charge >= 0.3 is 0 Å². The Labute approximate surface area is 221 Å². The summed E-state index contributed by atoms with van der Waals surface area (Å²) >= 11 is 0. The molecule has 0 bridgehead atoms. The molecule has 3 aromatic rings. The quantitative estimate of drug-likeness (QED) is 0.366. The van der Waals surface area contributed by atoms with Gasteiger partial charge in [0.1, 0.15) is 30.4 Å². The van der Waals surface area contributed by atoms with Gasteiger partial charge in [-0.1, -0.05) is 32.9 Å². The Morgan fingerprint density at radius 2 is 1.89 bits per heavy atom. The van der Waals surface area contributed by atoms with Crippen molar-refractivity contribution in [3.05, 3.63) is 42.5 Å². The molecular weight excluding hydrogens is 488 g/mol. The van der Waals surface area contributed by atoms with E-state index in [9.17, 15) is 15.0 Å². The molecule has 2 aliphatic rings. The second-order valence-electron chi connectivity index (χ2n) is 11.0. The Balaban J connectivity index is 1.32. The van der Waals surface area contributed by atoms with Gasteiger partial charge in [-0.2, -0.15) is 0 Å². The lowest BCUT2D eigenvalue weighted by molar-refractivity contribution is -0.137. The van der Waals surface area contributed by atoms with Gasteiger partial charge in [0.15, 0.2) is 29.3 Å². The van der Waals surface area contributed by atoms with Crippen LogP contribution in [0.2, 0.25) is 0 Å². The number of nitrogens with one attached hydrogen (secondary N) is 2. The summed E-state index contributed by atoms with van der Waals surface area (Å²) in [5.41, 5.74) is 2.26. The van der Waals surface area contributed by atoms with Crippen molar-refractivity contribution < 1.29 is 24.5 Å². The third kappa shape index (κ3) is 5.05. The van der Waals surface area contributed by atoms with E-state index < -0.39 is 30.4 Å². The molecule has 0 spiro atoms. The number of aliphatic hydroxyl groups excluding tert-OH is 2. The minimum atomic E-state index is -1.38. The maximum atomic E-state index is 12.3. The van der Waals surface area contributed by atoms with E-state index in [1.54, 1.807) is 6.92 Å². The summed E-state index contributed by atoms with van der Waals surface area (Å²) in [6.07, 6.45) is 0.792. The minimum Gasteiger partial charge on any atom is -0.488 e. The van der Waals surface area contributed by atoms with Gasteiger partial charge in [0, 0.05) is 6.54 Å². The number of benzene rings is 1. The van der Waals surface area contributed by atoms with Crippen LogP contribution in [0.1, 0.15) is 58.7 Å². The highest BCUT2D eigenvalue weighted by Gasteiger charge is 2.47. The van der Waals surface area contributed by atoms with E-state index in [1.807, 2.05) is 12.1 Å². The van der Waals surface area contributed by atoms with E-state index in [2.05, 4.69) is 58.5 Å². The molecule has 5 rings (SSSR count). The molecule has 1 amide bonds. The van der Waals surface area contributed by atoms with Crippen LogP contribution in [0.5, 0.6) is 5.75 Å². The maximum absolute atomic E-state index is 12.3. The molecule has 1 saturated carbocycles. The van der Waals surface area contributed by atoms with Gasteiger partial charge in [0.25, 0.3) is 5.91 Å². The van der Waals surface area contributed by atoms with Crippen molar-refractivity contribution in [1.29, 1.82) is 0 Å². The molecule has 11 nitrogen and oxygen atoms in total. The van der Waals surface area contributed by atoms with Gasteiger partial charge in [-0.05, 0) is 49.3 Å². The Kier molecular flexibility index (Phi) is 7.26. The first-order valence-electron chi connectivity index (χ1n) is 13.2. The van der Waals surface area contributed by atoms with Gasteiger partial charge in [0.05, 0.1) is 12.4 Å². The van der Waals surface area contributed by atoms with E-state index >= 15 is 0 Å². The molecule has 1 saturated heterocycles. The summed E-state index contributed by atoms with van der Waals surface area (Å²) in [7, 11) is 0. The van der Waals surface area contributed by atoms with E-state index in [4.69, 9.17) is 9.47 Å². The van der Waals surface area contributed by atoms with Crippen molar-refractivity contribution in [2.45, 2.75) is 89.1 Å². The average molecular weight is 525 g/mol. The summed E-state index contributed by atoms with van der Waals surface area (Å²) in [6, 6.07) is 8.30. The smallest absolute Gasteiger partial charge is 0.252 e. The molecule has 6 atom stereocenters. The van der Waals surface area contributed by atoms with Gasteiger partial charge < -0.3 is 30.3 Å². The summed E-state index contributed by atoms with van der Waals surface area (Å²) in [5.74, 6) is 0.898. The number of hydrogen-bond donors (Lipinski definition) is 4. The zero-order chi connectivity index (χ0) is 27.0. The molecule has 38 heavy (non-hydrogen) atoms. The summed E-state index contributed by atoms with van der Waals surface area (Å²) in [5, 5.41) is 27.2. The molecule has 1 aliphatic carbocycles. The van der Waals surface area contributed by atoms with Crippen LogP contribution in [0.25, 0.3) is 11.2 Å². The van der Waals surface area contributed by atoms with Crippen molar-refractivity contribution in [1.82, 2.24) is 24.8 Å². The topological polar surface area (TPSA) is 144 Å². The normalized spacial score (nSPS) is 27.5. The van der Waals surface area contributed by atoms with Gasteiger partial charge in [-0.25, -0.2) is 15.0 Å². The van der Waals surface area contributed by atoms with Crippen molar-refractivity contribution in [2.75, 3.05) is 11.9 Å². The zero-order valence-corrected chi connectivity index (χ0v) is 22.2. The fourth-order valence-electron chi connectivity index (χ4n) is 5.14. The van der Waals surface area contributed by atoms with Crippen molar-refractivity contribution in [3.8, 4) is 5.75 Å². The number of fused-ring (bicyclic) bond motifs is 1. The number of likely N-dealkylation sites (N-methyl/N-ethyl adjacent to an activating group) is 1. The van der Waals surface area contributed by atoms with Crippen molar-refractivity contribution in [2.24, 2.45) is 0 Å². The fourth-order valence-corrected chi connectivity index (χ4v) is 5.14. The first-order valence-corrected chi connectivity index (χ1v) is 13.2. The molecule has 2 aromatic heterocycles. The predicted molar refractivity (Wildman–Crippen MR) is 141 cm³/mol. The van der Waals surface area contributed by atoms with Gasteiger partial charge in [0.2, 0.25) is 0 Å². The summed E-state index contributed by atoms with van der Waals surface area (Å²) < 4.78 is 13.6. The first-order chi connectivity index (χ1) is 18.2. The number of aromatic nitrogens is 4. The third-order valence-corrected chi connectivity index (χ3v) is 7.26. The number of rotatable bonds is 7. The van der Waals surface area contributed by atoms with Gasteiger partial charge in [-0.15, -0.1) is 0 Å². The number of ether oxygens (including phenoxy) is 2. The summed E-state index contributed by atoms with van der Waals surface area (Å²) in [4.78, 5) is 25.5. The molecule has 4 N–H and O–H groups in total. The highest BCUT2D eigenvalue weighted by Crippen LogP contribution is 2.34. The molecule has 0 radical (unpaired) electrons. The van der Waals surface area contributed by atoms with Gasteiger partial charge in [-0.3, -0.25) is 9.36 Å². The fraction of sp³-hybridized carbons (Fsp3) is 0.556. The lowest BCUT2D eigenvalue weighted by Crippen LogP contribution is -2.42. The summed E-state index contributed by atoms with van der Waals surface area (Å²) in [6.45, 7) is 8.72. The Hall–Kier alpha value is -3.28. The van der Waals surface area contributed by atoms with Crippen LogP contribution in [0.4, 0.5) is 5.82 Å². The van der Waals surface area contributed by atoms with E-state index in [1.165, 1.54) is 22.8 Å². The first kappa shape index (κ1) is 26.3. The molecule has 2 fully saturated rings. The van der Waals surface area contributed by atoms with Crippen LogP contribution in [0.15, 0.2) is 36.9 Å². The second-order valence-corrected chi connectivity index (χ2v) is 11.0. The standard InChI is InChI=1S/C27H36N6O5/c1-5-28-25(36)22-20(34)21(35)26(38-22)33-14-31-19-23(29-13-30-24(19)33)32-17-7-6-8-18(17)37-16-11-9-15(10-12-16)27(2,3)4/h9-14,17-18,20-22,26,34-35H,5-8H2,1-4H3,(H,28,36)(H,29,30,32)/t17-,18-,20+,21-,22+,26-/m1/s1. The molecule has 1 aromatic carbocycles. The lowest BCUT2D eigenvalue weighted by Gasteiger charge is -2.24. The Bertz CT molecular complexity index is 1270. The average Bonchev–Trinajstić information content (AvgIpc) is 3.58.